The number of ether oxygens (including phenoxy) is 1. The molecule has 1 unspecified atom stereocenters. The summed E-state index contributed by atoms with van der Waals surface area (Å²) in [5.74, 6) is -6.45. The zero-order valence-corrected chi connectivity index (χ0v) is 20.0. The predicted octanol–water partition coefficient (Wildman–Crippen LogP) is 6.06. The van der Waals surface area contributed by atoms with Gasteiger partial charge in [-0.25, -0.2) is 26.9 Å². The van der Waals surface area contributed by atoms with Gasteiger partial charge < -0.3 is 10.5 Å². The summed E-state index contributed by atoms with van der Waals surface area (Å²) in [5, 5.41) is 0. The van der Waals surface area contributed by atoms with Crippen molar-refractivity contribution in [1.82, 2.24) is 9.38 Å². The Balaban J connectivity index is 1.84. The number of halogens is 5. The van der Waals surface area contributed by atoms with E-state index in [-0.39, 0.29) is 48.6 Å². The minimum Gasteiger partial charge on any atom is -0.485 e. The monoisotopic (exact) mass is 497 g/mol. The maximum atomic E-state index is 14.0. The lowest BCUT2D eigenvalue weighted by Crippen LogP contribution is -2.38. The van der Waals surface area contributed by atoms with Crippen molar-refractivity contribution in [2.75, 3.05) is 0 Å². The van der Waals surface area contributed by atoms with Crippen molar-refractivity contribution in [1.29, 1.82) is 0 Å². The van der Waals surface area contributed by atoms with Crippen LogP contribution < -0.4 is 10.5 Å². The van der Waals surface area contributed by atoms with Gasteiger partial charge in [-0.3, -0.25) is 9.20 Å². The Morgan fingerprint density at radius 1 is 1.09 bits per heavy atom. The third-order valence-electron chi connectivity index (χ3n) is 5.83. The van der Waals surface area contributed by atoms with Gasteiger partial charge in [0.2, 0.25) is 5.92 Å². The number of ketones is 1. The number of hydrogen-bond donors (Lipinski definition) is 1. The van der Waals surface area contributed by atoms with Crippen molar-refractivity contribution in [3.05, 3.63) is 64.4 Å². The molecule has 2 N–H and O–H groups in total. The maximum Gasteiger partial charge on any atom is 0.245 e. The highest BCUT2D eigenvalue weighted by molar-refractivity contribution is 5.96. The van der Waals surface area contributed by atoms with Crippen LogP contribution in [0.1, 0.15) is 66.8 Å². The predicted molar refractivity (Wildman–Crippen MR) is 121 cm³/mol. The molecule has 0 saturated heterocycles. The number of hydrogen-bond acceptors (Lipinski definition) is 4. The van der Waals surface area contributed by atoms with Gasteiger partial charge in [-0.2, -0.15) is 0 Å². The lowest BCUT2D eigenvalue weighted by Gasteiger charge is -2.25. The van der Waals surface area contributed by atoms with Gasteiger partial charge in [0, 0.05) is 24.6 Å². The third-order valence-corrected chi connectivity index (χ3v) is 5.83. The fourth-order valence-electron chi connectivity index (χ4n) is 3.80. The van der Waals surface area contributed by atoms with E-state index in [1.807, 2.05) is 0 Å². The van der Waals surface area contributed by atoms with E-state index in [1.165, 1.54) is 4.40 Å². The van der Waals surface area contributed by atoms with Crippen LogP contribution in [0.25, 0.3) is 5.65 Å². The number of fused-ring (bicyclic) bond motifs is 1. The molecular formula is C25H28F5N3O2. The lowest BCUT2D eigenvalue weighted by molar-refractivity contribution is 0.00519. The number of carbonyl (C=O) groups is 1. The average molecular weight is 498 g/mol. The number of benzene rings is 1. The minimum absolute atomic E-state index is 0.0146. The van der Waals surface area contributed by atoms with E-state index < -0.39 is 41.1 Å². The molecule has 0 amide bonds. The molecule has 0 aliphatic heterocycles. The molecule has 5 nitrogen and oxygen atoms in total. The van der Waals surface area contributed by atoms with Crippen molar-refractivity contribution < 1.29 is 31.5 Å². The smallest absolute Gasteiger partial charge is 0.245 e. The van der Waals surface area contributed by atoms with E-state index in [4.69, 9.17) is 10.5 Å². The summed E-state index contributed by atoms with van der Waals surface area (Å²) in [6, 6.07) is 3.09. The van der Waals surface area contributed by atoms with Gasteiger partial charge in [-0.05, 0) is 64.3 Å². The quantitative estimate of drug-likeness (QED) is 0.210. The molecule has 1 aromatic carbocycles. The van der Waals surface area contributed by atoms with Crippen molar-refractivity contribution in [2.24, 2.45) is 5.73 Å². The van der Waals surface area contributed by atoms with Gasteiger partial charge in [-0.1, -0.05) is 0 Å². The van der Waals surface area contributed by atoms with Gasteiger partial charge in [0.15, 0.2) is 28.8 Å². The standard InChI is InChI=1S/C25H28F5N3O2/c1-14-11-20(35-13-16-17(26)5-6-18(27)21(16)28)23-32-15(2)22(33(23)12-14)19(34)7-8-24(3,31)9-10-25(4,29)30/h5-6,11-12H,7-10,13,31H2,1-4H3. The number of nitrogens with zero attached hydrogens (tertiary/aromatic N) is 2. The number of rotatable bonds is 10. The Bertz CT molecular complexity index is 1250. The molecule has 0 spiro atoms. The van der Waals surface area contributed by atoms with Crippen LogP contribution >= 0.6 is 0 Å². The molecular weight excluding hydrogens is 469 g/mol. The minimum atomic E-state index is -2.84. The highest BCUT2D eigenvalue weighted by atomic mass is 19.3. The van der Waals surface area contributed by atoms with Crippen molar-refractivity contribution in [2.45, 2.75) is 71.4 Å². The molecule has 2 heterocycles. The van der Waals surface area contributed by atoms with E-state index >= 15 is 0 Å². The van der Waals surface area contributed by atoms with Crippen LogP contribution in [0.2, 0.25) is 0 Å². The van der Waals surface area contributed by atoms with E-state index in [0.717, 1.165) is 13.0 Å². The molecule has 190 valence electrons. The number of aromatic nitrogens is 2. The first-order chi connectivity index (χ1) is 16.2. The summed E-state index contributed by atoms with van der Waals surface area (Å²) < 4.78 is 75.1. The molecule has 3 aromatic rings. The molecule has 0 bridgehead atoms. The number of imidazole rings is 1. The van der Waals surface area contributed by atoms with E-state index in [2.05, 4.69) is 4.98 Å². The molecule has 0 aliphatic rings. The first-order valence-electron chi connectivity index (χ1n) is 11.1. The Morgan fingerprint density at radius 2 is 1.74 bits per heavy atom. The molecule has 3 rings (SSSR count). The van der Waals surface area contributed by atoms with E-state index in [0.29, 0.717) is 17.3 Å². The largest absolute Gasteiger partial charge is 0.485 e. The molecule has 35 heavy (non-hydrogen) atoms. The summed E-state index contributed by atoms with van der Waals surface area (Å²) in [5.41, 5.74) is 6.21. The summed E-state index contributed by atoms with van der Waals surface area (Å²) in [4.78, 5) is 17.5. The van der Waals surface area contributed by atoms with Gasteiger partial charge in [0.25, 0.3) is 0 Å². The molecule has 0 fully saturated rings. The first-order valence-corrected chi connectivity index (χ1v) is 11.1. The summed E-state index contributed by atoms with van der Waals surface area (Å²) >= 11 is 0. The summed E-state index contributed by atoms with van der Waals surface area (Å²) in [6.45, 7) is 5.24. The maximum absolute atomic E-state index is 14.0. The highest BCUT2D eigenvalue weighted by Gasteiger charge is 2.29. The Labute approximate surface area is 200 Å². The van der Waals surface area contributed by atoms with Gasteiger partial charge in [-0.15, -0.1) is 0 Å². The molecule has 0 saturated carbocycles. The molecule has 0 radical (unpaired) electrons. The molecule has 10 heteroatoms. The van der Waals surface area contributed by atoms with Crippen LogP contribution in [0.15, 0.2) is 24.4 Å². The van der Waals surface area contributed by atoms with Gasteiger partial charge in [0.1, 0.15) is 18.1 Å². The first kappa shape index (κ1) is 26.6. The summed E-state index contributed by atoms with van der Waals surface area (Å²) in [7, 11) is 0. The number of Topliss-reactive ketones (excluding diaryl/α,β-unsaturated/α-hetero) is 1. The number of nitrogens with two attached hydrogens (primary N) is 1. The van der Waals surface area contributed by atoms with Gasteiger partial charge in [0.05, 0.1) is 11.3 Å². The fourth-order valence-corrected chi connectivity index (χ4v) is 3.80. The zero-order valence-electron chi connectivity index (χ0n) is 20.0. The van der Waals surface area contributed by atoms with Gasteiger partial charge >= 0.3 is 0 Å². The van der Waals surface area contributed by atoms with Crippen LogP contribution in [0.4, 0.5) is 22.0 Å². The lowest BCUT2D eigenvalue weighted by atomic mass is 9.89. The second-order valence-corrected chi connectivity index (χ2v) is 9.38. The second kappa shape index (κ2) is 9.93. The number of pyridine rings is 1. The van der Waals surface area contributed by atoms with Crippen molar-refractivity contribution in [3.63, 3.8) is 0 Å². The Morgan fingerprint density at radius 3 is 2.40 bits per heavy atom. The van der Waals surface area contributed by atoms with E-state index in [9.17, 15) is 26.7 Å². The molecule has 2 aromatic heterocycles. The number of carbonyl (C=O) groups excluding carboxylic acids is 1. The highest BCUT2D eigenvalue weighted by Crippen LogP contribution is 2.29. The third kappa shape index (κ3) is 6.36. The fraction of sp³-hybridized carbons (Fsp3) is 0.440. The normalized spacial score (nSPS) is 13.8. The topological polar surface area (TPSA) is 69.6 Å². The van der Waals surface area contributed by atoms with E-state index in [1.54, 1.807) is 33.0 Å². The van der Waals surface area contributed by atoms with Crippen molar-refractivity contribution in [3.8, 4) is 5.75 Å². The van der Waals surface area contributed by atoms with Crippen LogP contribution in [0, 0.1) is 31.3 Å². The number of aryl methyl sites for hydroxylation is 2. The Hall–Kier alpha value is -3.01. The number of alkyl halides is 2. The molecule has 1 atom stereocenters. The molecule has 0 aliphatic carbocycles. The Kier molecular flexibility index (Phi) is 7.54. The van der Waals surface area contributed by atoms with Crippen LogP contribution in [-0.2, 0) is 6.61 Å². The average Bonchev–Trinajstić information content (AvgIpc) is 3.08. The van der Waals surface area contributed by atoms with Crippen molar-refractivity contribution >= 4 is 11.4 Å². The second-order valence-electron chi connectivity index (χ2n) is 9.38. The summed E-state index contributed by atoms with van der Waals surface area (Å²) in [6.07, 6.45) is 1.55. The van der Waals surface area contributed by atoms with Crippen LogP contribution in [0.3, 0.4) is 0 Å². The SMILES string of the molecule is Cc1cc(OCc2c(F)ccc(F)c2F)c2nc(C)c(C(=O)CCC(C)(N)CCC(C)(F)F)n2c1. The van der Waals surface area contributed by atoms with Crippen LogP contribution in [0.5, 0.6) is 5.75 Å². The van der Waals surface area contributed by atoms with Crippen LogP contribution in [-0.4, -0.2) is 26.6 Å². The zero-order chi connectivity index (χ0) is 26.1.